The van der Waals surface area contributed by atoms with E-state index in [2.05, 4.69) is 24.0 Å². The molecular weight excluding hydrogens is 705 g/mol. The normalized spacial score (nSPS) is 18.2. The Balaban J connectivity index is 1.40. The van der Waals surface area contributed by atoms with Gasteiger partial charge in [-0.3, -0.25) is 14.5 Å². The third-order valence-corrected chi connectivity index (χ3v) is 10.8. The van der Waals surface area contributed by atoms with Crippen LogP contribution in [0.15, 0.2) is 64.5 Å². The van der Waals surface area contributed by atoms with Crippen LogP contribution in [-0.4, -0.2) is 46.3 Å². The minimum atomic E-state index is -1.02. The van der Waals surface area contributed by atoms with Crippen molar-refractivity contribution in [2.24, 2.45) is 5.92 Å². The molecule has 2 aliphatic heterocycles. The molecule has 256 valence electrons. The largest absolute Gasteiger partial charge is 0.507 e. The van der Waals surface area contributed by atoms with E-state index in [1.807, 2.05) is 19.9 Å². The highest BCUT2D eigenvalue weighted by molar-refractivity contribution is 8.00. The fraction of sp³-hybridized carbons (Fsp3) is 0.333. The van der Waals surface area contributed by atoms with E-state index in [9.17, 15) is 14.7 Å². The lowest BCUT2D eigenvalue weighted by molar-refractivity contribution is -0.132. The van der Waals surface area contributed by atoms with Gasteiger partial charge in [0.05, 0.1) is 24.8 Å². The number of nitrogens with zero attached hydrogens (tertiary/aromatic N) is 3. The van der Waals surface area contributed by atoms with Crippen molar-refractivity contribution in [1.29, 1.82) is 0 Å². The lowest BCUT2D eigenvalue weighted by atomic mass is 9.94. The summed E-state index contributed by atoms with van der Waals surface area (Å²) in [4.78, 5) is 29.0. The number of thioether (sulfide) groups is 1. The number of benzene rings is 3. The van der Waals surface area contributed by atoms with E-state index in [1.165, 1.54) is 28.0 Å². The number of ether oxygens (including phenoxy) is 3. The monoisotopic (exact) mass is 739 g/mol. The lowest BCUT2D eigenvalue weighted by Gasteiger charge is -2.24. The summed E-state index contributed by atoms with van der Waals surface area (Å²) >= 11 is 15.0. The first-order chi connectivity index (χ1) is 23.5. The summed E-state index contributed by atoms with van der Waals surface area (Å²) < 4.78 is 18.4. The molecule has 0 unspecified atom stereocenters. The summed E-state index contributed by atoms with van der Waals surface area (Å²) in [7, 11) is 0. The number of hydrogen-bond donors (Lipinski definition) is 1. The number of fused-ring (bicyclic) bond motifs is 1. The maximum atomic E-state index is 13.9. The van der Waals surface area contributed by atoms with E-state index >= 15 is 0 Å². The zero-order valence-electron chi connectivity index (χ0n) is 27.4. The highest BCUT2D eigenvalue weighted by atomic mass is 35.5. The Bertz CT molecular complexity index is 1930. The SMILES string of the molecule is CCOc1cc([C@H]2C(=C(O)c3ccc4c(c3)C[C@H](C)O4)C(=O)C(=O)N2c2nnc(SCc3ccc(Cl)cc3Cl)s2)ccc1OCCC(C)C. The van der Waals surface area contributed by atoms with E-state index in [4.69, 9.17) is 37.4 Å². The molecule has 0 aliphatic carbocycles. The maximum Gasteiger partial charge on any atom is 0.301 e. The Morgan fingerprint density at radius 3 is 2.65 bits per heavy atom. The minimum Gasteiger partial charge on any atom is -0.507 e. The quantitative estimate of drug-likeness (QED) is 0.0501. The highest BCUT2D eigenvalue weighted by Gasteiger charge is 2.48. The fourth-order valence-corrected chi connectivity index (χ4v) is 8.12. The first kappa shape index (κ1) is 35.1. The van der Waals surface area contributed by atoms with Crippen LogP contribution in [0.4, 0.5) is 5.13 Å². The molecule has 3 heterocycles. The second kappa shape index (κ2) is 15.0. The Labute approximate surface area is 303 Å². The number of anilines is 1. The first-order valence-electron chi connectivity index (χ1n) is 15.9. The molecule has 0 saturated carbocycles. The second-order valence-electron chi connectivity index (χ2n) is 12.2. The van der Waals surface area contributed by atoms with Crippen molar-refractivity contribution in [3.63, 3.8) is 0 Å². The van der Waals surface area contributed by atoms with Gasteiger partial charge < -0.3 is 19.3 Å². The summed E-state index contributed by atoms with van der Waals surface area (Å²) in [5, 5.41) is 21.7. The zero-order valence-corrected chi connectivity index (χ0v) is 30.5. The van der Waals surface area contributed by atoms with Gasteiger partial charge in [-0.25, -0.2) is 0 Å². The predicted octanol–water partition coefficient (Wildman–Crippen LogP) is 8.91. The Kier molecular flexibility index (Phi) is 10.7. The van der Waals surface area contributed by atoms with Crippen molar-refractivity contribution in [2.75, 3.05) is 18.1 Å². The molecule has 0 radical (unpaired) electrons. The van der Waals surface area contributed by atoms with Crippen molar-refractivity contribution in [3.05, 3.63) is 92.5 Å². The van der Waals surface area contributed by atoms with Crippen LogP contribution in [0.2, 0.25) is 10.0 Å². The Morgan fingerprint density at radius 1 is 1.08 bits per heavy atom. The van der Waals surface area contributed by atoms with Crippen molar-refractivity contribution < 1.29 is 28.9 Å². The van der Waals surface area contributed by atoms with E-state index in [0.29, 0.717) is 68.3 Å². The van der Waals surface area contributed by atoms with Gasteiger partial charge in [0.25, 0.3) is 5.78 Å². The summed E-state index contributed by atoms with van der Waals surface area (Å²) in [6.07, 6.45) is 1.52. The average molecular weight is 741 g/mol. The summed E-state index contributed by atoms with van der Waals surface area (Å²) in [6, 6.07) is 14.8. The second-order valence-corrected chi connectivity index (χ2v) is 15.2. The van der Waals surface area contributed by atoms with Crippen molar-refractivity contribution in [2.45, 2.75) is 62.8 Å². The number of ketones is 1. The molecule has 4 aromatic rings. The van der Waals surface area contributed by atoms with Gasteiger partial charge in [0.2, 0.25) is 5.13 Å². The van der Waals surface area contributed by atoms with Gasteiger partial charge in [-0.05, 0) is 85.3 Å². The summed E-state index contributed by atoms with van der Waals surface area (Å²) in [5.41, 5.74) is 2.66. The molecule has 49 heavy (non-hydrogen) atoms. The van der Waals surface area contributed by atoms with Gasteiger partial charge in [-0.15, -0.1) is 10.2 Å². The Hall–Kier alpha value is -3.77. The van der Waals surface area contributed by atoms with Crippen LogP contribution in [0.1, 0.15) is 62.4 Å². The molecule has 3 aromatic carbocycles. The number of Topliss-reactive ketones (excluding diaryl/α,β-unsaturated/α-hetero) is 1. The van der Waals surface area contributed by atoms with Crippen LogP contribution in [0, 0.1) is 5.92 Å². The summed E-state index contributed by atoms with van der Waals surface area (Å²) in [6.45, 7) is 8.95. The fourth-order valence-electron chi connectivity index (χ4n) is 5.69. The molecule has 0 spiro atoms. The third kappa shape index (κ3) is 7.55. The van der Waals surface area contributed by atoms with Gasteiger partial charge in [-0.1, -0.05) is 72.3 Å². The van der Waals surface area contributed by atoms with Gasteiger partial charge in [-0.2, -0.15) is 0 Å². The first-order valence-corrected chi connectivity index (χ1v) is 18.5. The summed E-state index contributed by atoms with van der Waals surface area (Å²) in [5.74, 6) is 0.742. The van der Waals surface area contributed by atoms with Crippen molar-refractivity contribution in [3.8, 4) is 17.2 Å². The molecule has 1 N–H and O–H groups in total. The topological polar surface area (TPSA) is 111 Å². The van der Waals surface area contributed by atoms with Crippen LogP contribution < -0.4 is 19.1 Å². The number of halogens is 2. The van der Waals surface area contributed by atoms with Crippen molar-refractivity contribution in [1.82, 2.24) is 10.2 Å². The number of carbonyl (C=O) groups is 2. The minimum absolute atomic E-state index is 0.00331. The van der Waals surface area contributed by atoms with Crippen LogP contribution in [0.25, 0.3) is 5.76 Å². The van der Waals surface area contributed by atoms with Crippen LogP contribution in [-0.2, 0) is 21.8 Å². The Morgan fingerprint density at radius 2 is 1.90 bits per heavy atom. The van der Waals surface area contributed by atoms with Gasteiger partial charge in [0, 0.05) is 27.8 Å². The third-order valence-electron chi connectivity index (χ3n) is 8.12. The standard InChI is InChI=1S/C36H35Cl2N3O6S2/c1-5-45-29-16-21(7-11-28(29)46-13-12-19(2)3)31-30(32(42)22-8-10-27-24(15-22)14-20(4)47-27)33(43)34(44)41(31)35-39-40-36(49-35)48-18-23-6-9-25(37)17-26(23)38/h6-11,15-17,19-20,31,42H,5,12-14,18H2,1-4H3/t20-,31-/m0/s1. The predicted molar refractivity (Wildman–Crippen MR) is 194 cm³/mol. The van der Waals surface area contributed by atoms with Gasteiger partial charge in [0.15, 0.2) is 15.8 Å². The number of aliphatic hydroxyl groups excluding tert-OH is 1. The van der Waals surface area contributed by atoms with Crippen molar-refractivity contribution >= 4 is 68.9 Å². The average Bonchev–Trinajstić information content (AvgIpc) is 3.75. The van der Waals surface area contributed by atoms with Crippen LogP contribution in [0.5, 0.6) is 17.2 Å². The highest BCUT2D eigenvalue weighted by Crippen LogP contribution is 2.46. The lowest BCUT2D eigenvalue weighted by Crippen LogP contribution is -2.29. The number of aliphatic hydroxyl groups is 1. The molecule has 6 rings (SSSR count). The molecule has 1 fully saturated rings. The van der Waals surface area contributed by atoms with Crippen LogP contribution >= 0.6 is 46.3 Å². The zero-order chi connectivity index (χ0) is 34.8. The molecule has 9 nitrogen and oxygen atoms in total. The number of amides is 1. The molecule has 1 saturated heterocycles. The number of carbonyl (C=O) groups excluding carboxylic acids is 2. The molecule has 0 bridgehead atoms. The van der Waals surface area contributed by atoms with Crippen LogP contribution in [0.3, 0.4) is 0 Å². The number of aromatic nitrogens is 2. The molecule has 1 amide bonds. The number of hydrogen-bond acceptors (Lipinski definition) is 10. The van der Waals surface area contributed by atoms with Gasteiger partial charge in [0.1, 0.15) is 17.6 Å². The molecule has 2 aliphatic rings. The molecule has 13 heteroatoms. The molecule has 2 atom stereocenters. The number of rotatable bonds is 12. The van der Waals surface area contributed by atoms with E-state index in [-0.39, 0.29) is 22.6 Å². The van der Waals surface area contributed by atoms with E-state index in [0.717, 1.165) is 23.3 Å². The van der Waals surface area contributed by atoms with E-state index in [1.54, 1.807) is 48.5 Å². The van der Waals surface area contributed by atoms with E-state index < -0.39 is 17.7 Å². The van der Waals surface area contributed by atoms with Gasteiger partial charge >= 0.3 is 5.91 Å². The molecule has 1 aromatic heterocycles. The maximum absolute atomic E-state index is 13.9. The molecular formula is C36H35Cl2N3O6S2. The smallest absolute Gasteiger partial charge is 0.301 e.